The normalized spacial score (nSPS) is 12.7. The quantitative estimate of drug-likeness (QED) is 0.880. The Morgan fingerprint density at radius 2 is 2.10 bits per heavy atom. The standard InChI is InChI=1S/C15H18ClNO2S/c1-9(2)15-17-12(8-20-15)7-19-14-5-4-11(10(3)18)6-13(14)16/h4-6,8-10,18H,7H2,1-3H3/t10-/m0/s1. The van der Waals surface area contributed by atoms with Crippen molar-refractivity contribution in [3.63, 3.8) is 0 Å². The summed E-state index contributed by atoms with van der Waals surface area (Å²) in [6, 6.07) is 5.31. The van der Waals surface area contributed by atoms with Gasteiger partial charge in [0.05, 0.1) is 21.8 Å². The third-order valence-corrected chi connectivity index (χ3v) is 4.37. The van der Waals surface area contributed by atoms with Crippen LogP contribution in [-0.4, -0.2) is 10.1 Å². The second-order valence-corrected chi connectivity index (χ2v) is 6.28. The van der Waals surface area contributed by atoms with E-state index in [1.165, 1.54) is 0 Å². The lowest BCUT2D eigenvalue weighted by Crippen LogP contribution is -1.98. The minimum absolute atomic E-state index is 0.400. The topological polar surface area (TPSA) is 42.4 Å². The molecule has 2 rings (SSSR count). The summed E-state index contributed by atoms with van der Waals surface area (Å²) in [5.74, 6) is 1.04. The van der Waals surface area contributed by atoms with Gasteiger partial charge in [0.15, 0.2) is 0 Å². The molecule has 0 unspecified atom stereocenters. The van der Waals surface area contributed by atoms with Crippen LogP contribution in [0.2, 0.25) is 5.02 Å². The van der Waals surface area contributed by atoms with Gasteiger partial charge in [-0.05, 0) is 24.6 Å². The van der Waals surface area contributed by atoms with E-state index < -0.39 is 6.10 Å². The van der Waals surface area contributed by atoms with E-state index in [9.17, 15) is 5.11 Å². The maximum atomic E-state index is 9.49. The highest BCUT2D eigenvalue weighted by Gasteiger charge is 2.09. The predicted molar refractivity (Wildman–Crippen MR) is 82.6 cm³/mol. The van der Waals surface area contributed by atoms with Gasteiger partial charge in [0, 0.05) is 11.3 Å². The first-order chi connectivity index (χ1) is 9.47. The second kappa shape index (κ2) is 6.57. The molecule has 0 saturated carbocycles. The van der Waals surface area contributed by atoms with Gasteiger partial charge in [-0.3, -0.25) is 0 Å². The molecule has 3 nitrogen and oxygen atoms in total. The van der Waals surface area contributed by atoms with Crippen LogP contribution >= 0.6 is 22.9 Å². The molecule has 0 bridgehead atoms. The van der Waals surface area contributed by atoms with Crippen molar-refractivity contribution in [1.82, 2.24) is 4.98 Å². The van der Waals surface area contributed by atoms with E-state index in [0.29, 0.717) is 23.3 Å². The van der Waals surface area contributed by atoms with E-state index in [2.05, 4.69) is 18.8 Å². The summed E-state index contributed by atoms with van der Waals surface area (Å²) >= 11 is 7.79. The minimum Gasteiger partial charge on any atom is -0.486 e. The molecule has 0 aliphatic heterocycles. The molecular weight excluding hydrogens is 294 g/mol. The molecule has 0 amide bonds. The zero-order valence-electron chi connectivity index (χ0n) is 11.8. The molecular formula is C15H18ClNO2S. The van der Waals surface area contributed by atoms with Crippen LogP contribution in [0.5, 0.6) is 5.75 Å². The van der Waals surface area contributed by atoms with Gasteiger partial charge >= 0.3 is 0 Å². The molecule has 2 aromatic rings. The average molecular weight is 312 g/mol. The number of aromatic nitrogens is 1. The third kappa shape index (κ3) is 3.72. The number of thiazole rings is 1. The number of aliphatic hydroxyl groups is 1. The summed E-state index contributed by atoms with van der Waals surface area (Å²) in [7, 11) is 0. The molecule has 0 radical (unpaired) electrons. The summed E-state index contributed by atoms with van der Waals surface area (Å²) in [6.07, 6.45) is -0.534. The van der Waals surface area contributed by atoms with Crippen LogP contribution in [0.4, 0.5) is 0 Å². The number of aliphatic hydroxyl groups excluding tert-OH is 1. The first-order valence-corrected chi connectivity index (χ1v) is 7.77. The van der Waals surface area contributed by atoms with E-state index in [1.54, 1.807) is 30.4 Å². The number of hydrogen-bond acceptors (Lipinski definition) is 4. The van der Waals surface area contributed by atoms with Crippen molar-refractivity contribution in [1.29, 1.82) is 0 Å². The molecule has 0 aliphatic rings. The van der Waals surface area contributed by atoms with E-state index >= 15 is 0 Å². The number of halogens is 1. The van der Waals surface area contributed by atoms with Crippen LogP contribution in [0.1, 0.15) is 49.1 Å². The molecule has 1 aromatic carbocycles. The van der Waals surface area contributed by atoms with Crippen LogP contribution in [0.25, 0.3) is 0 Å². The highest BCUT2D eigenvalue weighted by Crippen LogP contribution is 2.29. The van der Waals surface area contributed by atoms with Gasteiger partial charge in [0.1, 0.15) is 12.4 Å². The Morgan fingerprint density at radius 3 is 2.65 bits per heavy atom. The molecule has 0 spiro atoms. The fourth-order valence-electron chi connectivity index (χ4n) is 1.70. The largest absolute Gasteiger partial charge is 0.486 e. The third-order valence-electron chi connectivity index (χ3n) is 2.88. The summed E-state index contributed by atoms with van der Waals surface area (Å²) in [5, 5.41) is 13.1. The highest BCUT2D eigenvalue weighted by molar-refractivity contribution is 7.09. The maximum Gasteiger partial charge on any atom is 0.138 e. The lowest BCUT2D eigenvalue weighted by Gasteiger charge is -2.10. The molecule has 0 saturated heterocycles. The van der Waals surface area contributed by atoms with Crippen molar-refractivity contribution in [2.24, 2.45) is 0 Å². The summed E-state index contributed by atoms with van der Waals surface area (Å²) in [5.41, 5.74) is 1.69. The number of rotatable bonds is 5. The van der Waals surface area contributed by atoms with Crippen LogP contribution in [0, 0.1) is 0 Å². The second-order valence-electron chi connectivity index (χ2n) is 4.99. The van der Waals surface area contributed by atoms with Crippen molar-refractivity contribution >= 4 is 22.9 Å². The molecule has 1 N–H and O–H groups in total. The predicted octanol–water partition coefficient (Wildman–Crippen LogP) is 4.55. The molecule has 1 heterocycles. The number of hydrogen-bond donors (Lipinski definition) is 1. The van der Waals surface area contributed by atoms with Gasteiger partial charge in [-0.2, -0.15) is 0 Å². The Labute approximate surface area is 128 Å². The average Bonchev–Trinajstić information content (AvgIpc) is 2.86. The Hall–Kier alpha value is -1.10. The molecule has 0 fully saturated rings. The Kier molecular flexibility index (Phi) is 5.02. The van der Waals surface area contributed by atoms with Gasteiger partial charge in [-0.15, -0.1) is 11.3 Å². The van der Waals surface area contributed by atoms with Gasteiger partial charge in [0.25, 0.3) is 0 Å². The summed E-state index contributed by atoms with van der Waals surface area (Å²) in [4.78, 5) is 4.51. The monoisotopic (exact) mass is 311 g/mol. The number of nitrogens with zero attached hydrogens (tertiary/aromatic N) is 1. The minimum atomic E-state index is -0.534. The van der Waals surface area contributed by atoms with E-state index in [-0.39, 0.29) is 0 Å². The van der Waals surface area contributed by atoms with E-state index in [0.717, 1.165) is 16.3 Å². The first-order valence-electron chi connectivity index (χ1n) is 6.52. The Morgan fingerprint density at radius 1 is 1.35 bits per heavy atom. The van der Waals surface area contributed by atoms with Crippen LogP contribution in [0.3, 0.4) is 0 Å². The van der Waals surface area contributed by atoms with Crippen molar-refractivity contribution in [3.8, 4) is 5.75 Å². The zero-order chi connectivity index (χ0) is 14.7. The Bertz CT molecular complexity index is 581. The van der Waals surface area contributed by atoms with Crippen LogP contribution in [0.15, 0.2) is 23.6 Å². The molecule has 108 valence electrons. The molecule has 5 heteroatoms. The van der Waals surface area contributed by atoms with Crippen LogP contribution < -0.4 is 4.74 Å². The van der Waals surface area contributed by atoms with Crippen LogP contribution in [-0.2, 0) is 6.61 Å². The number of ether oxygens (including phenoxy) is 1. The highest BCUT2D eigenvalue weighted by atomic mass is 35.5. The molecule has 0 aliphatic carbocycles. The fourth-order valence-corrected chi connectivity index (χ4v) is 2.76. The SMILES string of the molecule is CC(C)c1nc(COc2ccc([C@H](C)O)cc2Cl)cs1. The zero-order valence-corrected chi connectivity index (χ0v) is 13.3. The van der Waals surface area contributed by atoms with Crippen molar-refractivity contribution in [2.75, 3.05) is 0 Å². The van der Waals surface area contributed by atoms with Gasteiger partial charge in [0.2, 0.25) is 0 Å². The maximum absolute atomic E-state index is 9.49. The lowest BCUT2D eigenvalue weighted by molar-refractivity contribution is 0.199. The first kappa shape index (κ1) is 15.3. The van der Waals surface area contributed by atoms with Gasteiger partial charge in [-0.25, -0.2) is 4.98 Å². The van der Waals surface area contributed by atoms with E-state index in [4.69, 9.17) is 16.3 Å². The molecule has 20 heavy (non-hydrogen) atoms. The fraction of sp³-hybridized carbons (Fsp3) is 0.400. The lowest BCUT2D eigenvalue weighted by atomic mass is 10.1. The number of benzene rings is 1. The van der Waals surface area contributed by atoms with Crippen molar-refractivity contribution in [2.45, 2.75) is 39.4 Å². The van der Waals surface area contributed by atoms with Gasteiger partial charge < -0.3 is 9.84 Å². The molecule has 1 atom stereocenters. The van der Waals surface area contributed by atoms with E-state index in [1.807, 2.05) is 11.4 Å². The summed E-state index contributed by atoms with van der Waals surface area (Å²) in [6.45, 7) is 6.34. The van der Waals surface area contributed by atoms with Crippen molar-refractivity contribution < 1.29 is 9.84 Å². The Balaban J connectivity index is 2.03. The summed E-state index contributed by atoms with van der Waals surface area (Å²) < 4.78 is 5.68. The smallest absolute Gasteiger partial charge is 0.138 e. The van der Waals surface area contributed by atoms with Gasteiger partial charge in [-0.1, -0.05) is 31.5 Å². The van der Waals surface area contributed by atoms with Crippen molar-refractivity contribution in [3.05, 3.63) is 44.9 Å². The molecule has 1 aromatic heterocycles.